The van der Waals surface area contributed by atoms with E-state index < -0.39 is 6.10 Å². The quantitative estimate of drug-likeness (QED) is 0.847. The van der Waals surface area contributed by atoms with Crippen molar-refractivity contribution < 1.29 is 10.2 Å². The van der Waals surface area contributed by atoms with Crippen LogP contribution in [0.4, 0.5) is 0 Å². The van der Waals surface area contributed by atoms with Crippen molar-refractivity contribution in [1.82, 2.24) is 0 Å². The van der Waals surface area contributed by atoms with Gasteiger partial charge in [-0.25, -0.2) is 0 Å². The number of hydrogen-bond donors (Lipinski definition) is 2. The molecule has 0 saturated carbocycles. The smallest absolute Gasteiger partial charge is 0.121 e. The molecular formula is C16H18O2. The molecule has 94 valence electrons. The monoisotopic (exact) mass is 242 g/mol. The summed E-state index contributed by atoms with van der Waals surface area (Å²) in [6.45, 7) is 5.90. The van der Waals surface area contributed by atoms with E-state index in [2.05, 4.69) is 0 Å². The third kappa shape index (κ3) is 2.39. The average molecular weight is 242 g/mol. The Morgan fingerprint density at radius 2 is 1.39 bits per heavy atom. The first-order valence-electron chi connectivity index (χ1n) is 6.04. The van der Waals surface area contributed by atoms with Gasteiger partial charge in [0.15, 0.2) is 0 Å². The number of benzene rings is 2. The molecule has 0 radical (unpaired) electrons. The molecule has 0 amide bonds. The van der Waals surface area contributed by atoms with Crippen molar-refractivity contribution in [2.75, 3.05) is 0 Å². The molecular weight excluding hydrogens is 224 g/mol. The zero-order chi connectivity index (χ0) is 13.3. The van der Waals surface area contributed by atoms with Gasteiger partial charge in [-0.15, -0.1) is 0 Å². The zero-order valence-corrected chi connectivity index (χ0v) is 10.9. The molecule has 0 aliphatic carbocycles. The summed E-state index contributed by atoms with van der Waals surface area (Å²) in [6, 6.07) is 11.2. The summed E-state index contributed by atoms with van der Waals surface area (Å²) in [5.41, 5.74) is 4.55. The summed E-state index contributed by atoms with van der Waals surface area (Å²) in [5, 5.41) is 20.3. The fourth-order valence-electron chi connectivity index (χ4n) is 2.18. The van der Waals surface area contributed by atoms with E-state index in [4.69, 9.17) is 0 Å². The molecule has 2 rings (SSSR count). The Hall–Kier alpha value is -1.80. The van der Waals surface area contributed by atoms with Crippen molar-refractivity contribution in [3.63, 3.8) is 0 Å². The molecule has 0 heterocycles. The van der Waals surface area contributed by atoms with Crippen molar-refractivity contribution in [1.29, 1.82) is 0 Å². The summed E-state index contributed by atoms with van der Waals surface area (Å²) in [4.78, 5) is 0. The van der Waals surface area contributed by atoms with Crippen LogP contribution in [-0.4, -0.2) is 10.2 Å². The lowest BCUT2D eigenvalue weighted by atomic mass is 9.95. The predicted molar refractivity (Wildman–Crippen MR) is 72.8 cm³/mol. The van der Waals surface area contributed by atoms with Gasteiger partial charge < -0.3 is 10.2 Å². The highest BCUT2D eigenvalue weighted by atomic mass is 16.3. The zero-order valence-electron chi connectivity index (χ0n) is 10.9. The Labute approximate surface area is 108 Å². The van der Waals surface area contributed by atoms with Gasteiger partial charge in [0.25, 0.3) is 0 Å². The second-order valence-corrected chi connectivity index (χ2v) is 4.82. The molecule has 2 nitrogen and oxygen atoms in total. The van der Waals surface area contributed by atoms with Crippen molar-refractivity contribution in [2.45, 2.75) is 26.9 Å². The third-order valence-electron chi connectivity index (χ3n) is 3.20. The summed E-state index contributed by atoms with van der Waals surface area (Å²) in [7, 11) is 0. The summed E-state index contributed by atoms with van der Waals surface area (Å²) < 4.78 is 0. The molecule has 0 fully saturated rings. The number of rotatable bonds is 2. The van der Waals surface area contributed by atoms with Gasteiger partial charge in [0.1, 0.15) is 11.9 Å². The maximum Gasteiger partial charge on any atom is 0.121 e. The van der Waals surface area contributed by atoms with Crippen LogP contribution in [0, 0.1) is 20.8 Å². The number of aromatic hydroxyl groups is 1. The van der Waals surface area contributed by atoms with Gasteiger partial charge in [0, 0.05) is 5.56 Å². The Morgan fingerprint density at radius 1 is 0.833 bits per heavy atom. The second-order valence-electron chi connectivity index (χ2n) is 4.82. The van der Waals surface area contributed by atoms with Crippen LogP contribution in [0.5, 0.6) is 5.75 Å². The molecule has 0 bridgehead atoms. The van der Waals surface area contributed by atoms with E-state index in [0.29, 0.717) is 5.56 Å². The van der Waals surface area contributed by atoms with Crippen LogP contribution in [0.3, 0.4) is 0 Å². The van der Waals surface area contributed by atoms with E-state index in [9.17, 15) is 10.2 Å². The van der Waals surface area contributed by atoms with E-state index >= 15 is 0 Å². The largest absolute Gasteiger partial charge is 0.508 e. The van der Waals surface area contributed by atoms with Gasteiger partial charge in [-0.1, -0.05) is 35.9 Å². The lowest BCUT2D eigenvalue weighted by Gasteiger charge is -2.16. The maximum absolute atomic E-state index is 10.4. The number of phenols is 1. The molecule has 2 N–H and O–H groups in total. The van der Waals surface area contributed by atoms with Gasteiger partial charge in [-0.3, -0.25) is 0 Å². The van der Waals surface area contributed by atoms with Crippen LogP contribution in [0.15, 0.2) is 36.4 Å². The molecule has 1 atom stereocenters. The first-order chi connectivity index (χ1) is 8.49. The van der Waals surface area contributed by atoms with Crippen LogP contribution < -0.4 is 0 Å². The first kappa shape index (κ1) is 12.7. The highest BCUT2D eigenvalue weighted by molar-refractivity contribution is 5.44. The lowest BCUT2D eigenvalue weighted by molar-refractivity contribution is 0.215. The molecule has 0 spiro atoms. The van der Waals surface area contributed by atoms with Crippen LogP contribution in [-0.2, 0) is 0 Å². The highest BCUT2D eigenvalue weighted by Crippen LogP contribution is 2.31. The van der Waals surface area contributed by atoms with E-state index in [1.165, 1.54) is 0 Å². The normalized spacial score (nSPS) is 12.4. The van der Waals surface area contributed by atoms with E-state index in [0.717, 1.165) is 22.3 Å². The summed E-state index contributed by atoms with van der Waals surface area (Å²) in [6.07, 6.45) is -0.786. The predicted octanol–water partition coefficient (Wildman–Crippen LogP) is 3.40. The fraction of sp³-hybridized carbons (Fsp3) is 0.250. The van der Waals surface area contributed by atoms with Gasteiger partial charge in [0.2, 0.25) is 0 Å². The molecule has 18 heavy (non-hydrogen) atoms. The van der Waals surface area contributed by atoms with Crippen LogP contribution in [0.2, 0.25) is 0 Å². The SMILES string of the molecule is Cc1ccc([C@@H](O)c2ccc(C)cc2O)c(C)c1. The first-order valence-corrected chi connectivity index (χ1v) is 6.04. The topological polar surface area (TPSA) is 40.5 Å². The van der Waals surface area contributed by atoms with E-state index in [-0.39, 0.29) is 5.75 Å². The Bertz CT molecular complexity index is 522. The number of aliphatic hydroxyl groups excluding tert-OH is 1. The molecule has 2 aromatic carbocycles. The Morgan fingerprint density at radius 3 is 1.94 bits per heavy atom. The number of aryl methyl sites for hydroxylation is 3. The minimum atomic E-state index is -0.786. The fourth-order valence-corrected chi connectivity index (χ4v) is 2.18. The summed E-state index contributed by atoms with van der Waals surface area (Å²) in [5.74, 6) is 0.141. The number of phenolic OH excluding ortho intramolecular Hbond substituents is 1. The summed E-state index contributed by atoms with van der Waals surface area (Å²) >= 11 is 0. The third-order valence-corrected chi connectivity index (χ3v) is 3.20. The van der Waals surface area contributed by atoms with Gasteiger partial charge in [0.05, 0.1) is 0 Å². The van der Waals surface area contributed by atoms with Gasteiger partial charge in [-0.2, -0.15) is 0 Å². The van der Waals surface area contributed by atoms with Crippen molar-refractivity contribution in [2.24, 2.45) is 0 Å². The maximum atomic E-state index is 10.4. The van der Waals surface area contributed by atoms with Crippen LogP contribution in [0.1, 0.15) is 33.9 Å². The lowest BCUT2D eigenvalue weighted by Crippen LogP contribution is -2.02. The Balaban J connectivity index is 2.44. The average Bonchev–Trinajstić information content (AvgIpc) is 2.28. The van der Waals surface area contributed by atoms with Crippen molar-refractivity contribution in [3.05, 3.63) is 64.2 Å². The second kappa shape index (κ2) is 4.83. The van der Waals surface area contributed by atoms with Crippen LogP contribution in [0.25, 0.3) is 0 Å². The molecule has 0 unspecified atom stereocenters. The minimum absolute atomic E-state index is 0.141. The number of aliphatic hydroxyl groups is 1. The molecule has 2 aromatic rings. The Kier molecular flexibility index (Phi) is 3.39. The van der Waals surface area contributed by atoms with Gasteiger partial charge >= 0.3 is 0 Å². The molecule has 0 aliphatic heterocycles. The molecule has 0 aliphatic rings. The number of hydrogen-bond acceptors (Lipinski definition) is 2. The highest BCUT2D eigenvalue weighted by Gasteiger charge is 2.16. The molecule has 2 heteroatoms. The molecule has 0 aromatic heterocycles. The van der Waals surface area contributed by atoms with Crippen molar-refractivity contribution >= 4 is 0 Å². The van der Waals surface area contributed by atoms with Crippen LogP contribution >= 0.6 is 0 Å². The standard InChI is InChI=1S/C16H18O2/c1-10-4-6-13(12(3)8-10)16(18)14-7-5-11(2)9-15(14)17/h4-9,16-18H,1-3H3/t16-/m1/s1. The van der Waals surface area contributed by atoms with Gasteiger partial charge in [-0.05, 0) is 43.5 Å². The van der Waals surface area contributed by atoms with E-state index in [1.807, 2.05) is 45.0 Å². The minimum Gasteiger partial charge on any atom is -0.508 e. The van der Waals surface area contributed by atoms with E-state index in [1.54, 1.807) is 12.1 Å². The van der Waals surface area contributed by atoms with Crippen molar-refractivity contribution in [3.8, 4) is 5.75 Å². The molecule has 0 saturated heterocycles.